The number of carbonyl (C=O) groups is 1. The quantitative estimate of drug-likeness (QED) is 0.578. The molecule has 0 aliphatic heterocycles. The second kappa shape index (κ2) is 7.69. The molecule has 0 bridgehead atoms. The van der Waals surface area contributed by atoms with Gasteiger partial charge in [0.15, 0.2) is 0 Å². The highest BCUT2D eigenvalue weighted by Crippen LogP contribution is 2.33. The number of nitrogens with zero attached hydrogens (tertiary/aromatic N) is 1. The second-order valence-electron chi connectivity index (χ2n) is 5.25. The number of esters is 1. The van der Waals surface area contributed by atoms with Crippen LogP contribution in [0.15, 0.2) is 48.8 Å². The molecule has 4 heteroatoms. The van der Waals surface area contributed by atoms with E-state index >= 15 is 0 Å². The Morgan fingerprint density at radius 3 is 2.32 bits per heavy atom. The number of hydrogen-bond donors (Lipinski definition) is 0. The van der Waals surface area contributed by atoms with Crippen molar-refractivity contribution in [2.75, 3.05) is 0 Å². The summed E-state index contributed by atoms with van der Waals surface area (Å²) in [5, 5.41) is 0. The average molecular weight is 301 g/mol. The molecule has 116 valence electrons. The maximum absolute atomic E-state index is 14.5. The molecule has 22 heavy (non-hydrogen) atoms. The first-order valence-corrected chi connectivity index (χ1v) is 7.42. The van der Waals surface area contributed by atoms with E-state index in [1.807, 2.05) is 12.1 Å². The van der Waals surface area contributed by atoms with Crippen molar-refractivity contribution in [2.45, 2.75) is 38.8 Å². The van der Waals surface area contributed by atoms with Gasteiger partial charge in [-0.25, -0.2) is 4.39 Å². The molecule has 0 N–H and O–H groups in total. The Balaban J connectivity index is 2.04. The number of halogens is 1. The number of ether oxygens (including phenoxy) is 1. The van der Waals surface area contributed by atoms with Crippen molar-refractivity contribution in [2.24, 2.45) is 0 Å². The van der Waals surface area contributed by atoms with Gasteiger partial charge in [0.25, 0.3) is 0 Å². The van der Waals surface area contributed by atoms with Gasteiger partial charge in [0.2, 0.25) is 0 Å². The fourth-order valence-electron chi connectivity index (χ4n) is 2.47. The van der Waals surface area contributed by atoms with Crippen LogP contribution < -0.4 is 4.74 Å². The lowest BCUT2D eigenvalue weighted by molar-refractivity contribution is -0.131. The number of alkyl halides is 1. The molecule has 1 aromatic carbocycles. The van der Waals surface area contributed by atoms with Crippen LogP contribution in [0.5, 0.6) is 5.75 Å². The predicted molar refractivity (Wildman–Crippen MR) is 83.5 cm³/mol. The predicted octanol–water partition coefficient (Wildman–Crippen LogP) is 4.60. The molecule has 0 aliphatic rings. The van der Waals surface area contributed by atoms with Gasteiger partial charge in [-0.05, 0) is 54.2 Å². The van der Waals surface area contributed by atoms with Gasteiger partial charge in [-0.1, -0.05) is 19.1 Å². The van der Waals surface area contributed by atoms with E-state index < -0.39 is 6.17 Å². The lowest BCUT2D eigenvalue weighted by atomic mass is 9.90. The molecular formula is C18H20FNO2. The topological polar surface area (TPSA) is 39.2 Å². The van der Waals surface area contributed by atoms with Crippen LogP contribution in [0.25, 0.3) is 0 Å². The molecular weight excluding hydrogens is 281 g/mol. The molecule has 2 rings (SSSR count). The van der Waals surface area contributed by atoms with Crippen LogP contribution in [0.2, 0.25) is 0 Å². The van der Waals surface area contributed by atoms with E-state index in [0.29, 0.717) is 17.7 Å². The average Bonchev–Trinajstić information content (AvgIpc) is 2.53. The lowest BCUT2D eigenvalue weighted by Crippen LogP contribution is -2.04. The summed E-state index contributed by atoms with van der Waals surface area (Å²) < 4.78 is 19.5. The Kier molecular flexibility index (Phi) is 5.64. The van der Waals surface area contributed by atoms with Gasteiger partial charge in [0.1, 0.15) is 11.9 Å². The third kappa shape index (κ3) is 4.38. The van der Waals surface area contributed by atoms with E-state index in [1.54, 1.807) is 36.7 Å². The van der Waals surface area contributed by atoms with Crippen LogP contribution in [-0.4, -0.2) is 11.0 Å². The monoisotopic (exact) mass is 301 g/mol. The molecule has 0 radical (unpaired) electrons. The largest absolute Gasteiger partial charge is 0.427 e. The minimum absolute atomic E-state index is 0.158. The van der Waals surface area contributed by atoms with E-state index in [1.165, 1.54) is 6.92 Å². The fraction of sp³-hybridized carbons (Fsp3) is 0.333. The number of aromatic nitrogens is 1. The van der Waals surface area contributed by atoms with E-state index in [-0.39, 0.29) is 11.9 Å². The summed E-state index contributed by atoms with van der Waals surface area (Å²) in [6.45, 7) is 3.40. The van der Waals surface area contributed by atoms with Crippen LogP contribution in [0, 0.1) is 0 Å². The number of pyridine rings is 1. The van der Waals surface area contributed by atoms with Gasteiger partial charge < -0.3 is 4.74 Å². The Morgan fingerprint density at radius 2 is 1.77 bits per heavy atom. The number of hydrogen-bond acceptors (Lipinski definition) is 3. The van der Waals surface area contributed by atoms with E-state index in [0.717, 1.165) is 12.0 Å². The summed E-state index contributed by atoms with van der Waals surface area (Å²) in [4.78, 5) is 14.9. The minimum Gasteiger partial charge on any atom is -0.427 e. The normalized spacial score (nSPS) is 13.4. The molecule has 0 saturated heterocycles. The Bertz CT molecular complexity index is 598. The van der Waals surface area contributed by atoms with E-state index in [9.17, 15) is 9.18 Å². The molecule has 1 aromatic heterocycles. The van der Waals surface area contributed by atoms with Crippen LogP contribution in [0.4, 0.5) is 4.39 Å². The van der Waals surface area contributed by atoms with Crippen LogP contribution >= 0.6 is 0 Å². The summed E-state index contributed by atoms with van der Waals surface area (Å²) in [5.41, 5.74) is 1.71. The molecule has 2 unspecified atom stereocenters. The van der Waals surface area contributed by atoms with Gasteiger partial charge >= 0.3 is 5.97 Å². The molecule has 1 heterocycles. The fourth-order valence-corrected chi connectivity index (χ4v) is 2.47. The van der Waals surface area contributed by atoms with Crippen molar-refractivity contribution < 1.29 is 13.9 Å². The van der Waals surface area contributed by atoms with E-state index in [2.05, 4.69) is 11.9 Å². The van der Waals surface area contributed by atoms with Gasteiger partial charge in [0, 0.05) is 19.3 Å². The number of carbonyl (C=O) groups excluding carboxylic acids is 1. The number of benzene rings is 1. The summed E-state index contributed by atoms with van der Waals surface area (Å²) in [6, 6.07) is 10.5. The Hall–Kier alpha value is -2.23. The van der Waals surface area contributed by atoms with Crippen molar-refractivity contribution in [3.8, 4) is 5.75 Å². The Labute approximate surface area is 130 Å². The molecule has 2 aromatic rings. The molecule has 2 atom stereocenters. The van der Waals surface area contributed by atoms with Crippen molar-refractivity contribution in [3.05, 3.63) is 59.9 Å². The highest BCUT2D eigenvalue weighted by atomic mass is 19.1. The first-order valence-electron chi connectivity index (χ1n) is 7.42. The second-order valence-corrected chi connectivity index (χ2v) is 5.25. The van der Waals surface area contributed by atoms with Gasteiger partial charge in [-0.3, -0.25) is 9.78 Å². The smallest absolute Gasteiger partial charge is 0.308 e. The van der Waals surface area contributed by atoms with Gasteiger partial charge in [-0.15, -0.1) is 0 Å². The van der Waals surface area contributed by atoms with Crippen molar-refractivity contribution in [1.29, 1.82) is 0 Å². The van der Waals surface area contributed by atoms with E-state index in [4.69, 9.17) is 4.74 Å². The number of rotatable bonds is 6. The van der Waals surface area contributed by atoms with Gasteiger partial charge in [0.05, 0.1) is 0 Å². The minimum atomic E-state index is -1.05. The Morgan fingerprint density at radius 1 is 1.14 bits per heavy atom. The highest BCUT2D eigenvalue weighted by molar-refractivity contribution is 5.69. The van der Waals surface area contributed by atoms with Crippen molar-refractivity contribution >= 4 is 5.97 Å². The summed E-state index contributed by atoms with van der Waals surface area (Å²) in [6.07, 6.45) is 3.71. The van der Waals surface area contributed by atoms with Gasteiger partial charge in [-0.2, -0.15) is 0 Å². The van der Waals surface area contributed by atoms with Crippen molar-refractivity contribution in [1.82, 2.24) is 4.98 Å². The molecule has 0 spiro atoms. The third-order valence-electron chi connectivity index (χ3n) is 3.67. The SMILES string of the molecule is CCC(CC(F)c1ccc(OC(C)=O)cc1)c1ccncc1. The lowest BCUT2D eigenvalue weighted by Gasteiger charge is -2.18. The highest BCUT2D eigenvalue weighted by Gasteiger charge is 2.18. The van der Waals surface area contributed by atoms with Crippen molar-refractivity contribution in [3.63, 3.8) is 0 Å². The summed E-state index contributed by atoms with van der Waals surface area (Å²) >= 11 is 0. The maximum Gasteiger partial charge on any atom is 0.308 e. The third-order valence-corrected chi connectivity index (χ3v) is 3.67. The first-order chi connectivity index (χ1) is 10.6. The zero-order valence-electron chi connectivity index (χ0n) is 12.8. The zero-order valence-corrected chi connectivity index (χ0v) is 12.8. The molecule has 0 saturated carbocycles. The molecule has 3 nitrogen and oxygen atoms in total. The van der Waals surface area contributed by atoms with Crippen LogP contribution in [0.1, 0.15) is 49.9 Å². The van der Waals surface area contributed by atoms with Crippen LogP contribution in [0.3, 0.4) is 0 Å². The molecule has 0 aliphatic carbocycles. The first kappa shape index (κ1) is 16.1. The molecule has 0 amide bonds. The maximum atomic E-state index is 14.5. The zero-order chi connectivity index (χ0) is 15.9. The molecule has 0 fully saturated rings. The summed E-state index contributed by atoms with van der Waals surface area (Å²) in [7, 11) is 0. The standard InChI is InChI=1S/C18H20FNO2/c1-3-14(15-8-10-20-11-9-15)12-18(19)16-4-6-17(7-5-16)22-13(2)21/h4-11,14,18H,3,12H2,1-2H3. The van der Waals surface area contributed by atoms with Crippen LogP contribution in [-0.2, 0) is 4.79 Å². The summed E-state index contributed by atoms with van der Waals surface area (Å²) in [5.74, 6) is 0.212.